The van der Waals surface area contributed by atoms with Gasteiger partial charge in [0.2, 0.25) is 11.8 Å². The lowest BCUT2D eigenvalue weighted by atomic mass is 9.98. The highest BCUT2D eigenvalue weighted by Crippen LogP contribution is 2.26. The maximum atomic E-state index is 13.3. The van der Waals surface area contributed by atoms with Crippen LogP contribution in [0.25, 0.3) is 10.9 Å². The van der Waals surface area contributed by atoms with Gasteiger partial charge in [0.25, 0.3) is 11.8 Å². The van der Waals surface area contributed by atoms with Gasteiger partial charge in [-0.05, 0) is 36.6 Å². The maximum absolute atomic E-state index is 13.3. The number of carbonyl (C=O) groups excluding carboxylic acids is 3. The quantitative estimate of drug-likeness (QED) is 0.225. The molecule has 198 valence electrons. The van der Waals surface area contributed by atoms with Crippen LogP contribution in [0.4, 0.5) is 0 Å². The number of nitrogens with zero attached hydrogens (tertiary/aromatic N) is 1. The average Bonchev–Trinajstić information content (AvgIpc) is 3.32. The van der Waals surface area contributed by atoms with Crippen LogP contribution in [0.5, 0.6) is 11.6 Å². The van der Waals surface area contributed by atoms with E-state index < -0.39 is 35.9 Å². The third-order valence-corrected chi connectivity index (χ3v) is 5.95. The molecule has 3 amide bonds. The molecule has 2 heterocycles. The highest BCUT2D eigenvalue weighted by atomic mass is 16.5. The molecule has 0 aliphatic carbocycles. The van der Waals surface area contributed by atoms with Gasteiger partial charge in [-0.2, -0.15) is 0 Å². The first-order valence-corrected chi connectivity index (χ1v) is 11.9. The number of aromatic hydroxyl groups is 1. The topological polar surface area (TPSA) is 166 Å². The van der Waals surface area contributed by atoms with Gasteiger partial charge in [0.15, 0.2) is 6.10 Å². The number of methoxy groups -OCH3 is 1. The Labute approximate surface area is 214 Å². The molecule has 37 heavy (non-hydrogen) atoms. The first kappa shape index (κ1) is 27.5. The van der Waals surface area contributed by atoms with Crippen LogP contribution in [0.15, 0.2) is 42.6 Å². The van der Waals surface area contributed by atoms with Gasteiger partial charge in [-0.3, -0.25) is 14.4 Å². The summed E-state index contributed by atoms with van der Waals surface area (Å²) in [4.78, 5) is 45.5. The molecule has 11 nitrogen and oxygen atoms in total. The third kappa shape index (κ3) is 6.76. The van der Waals surface area contributed by atoms with Crippen LogP contribution >= 0.6 is 0 Å². The van der Waals surface area contributed by atoms with Gasteiger partial charge in [0.1, 0.15) is 17.5 Å². The minimum Gasteiger partial charge on any atom is -0.496 e. The lowest BCUT2D eigenvalue weighted by Gasteiger charge is -2.27. The molecule has 0 fully saturated rings. The van der Waals surface area contributed by atoms with Gasteiger partial charge in [0.05, 0.1) is 13.2 Å². The molecular formula is C26H33N5O6. The molecule has 2 aromatic heterocycles. The van der Waals surface area contributed by atoms with Crippen molar-refractivity contribution in [3.63, 3.8) is 0 Å². The summed E-state index contributed by atoms with van der Waals surface area (Å²) in [5, 5.41) is 29.2. The molecule has 11 heteroatoms. The summed E-state index contributed by atoms with van der Waals surface area (Å²) in [5.41, 5.74) is 1.30. The van der Waals surface area contributed by atoms with Crippen LogP contribution < -0.4 is 20.7 Å². The molecule has 1 aromatic carbocycles. The number of carbonyl (C=O) groups is 3. The molecular weight excluding hydrogens is 478 g/mol. The van der Waals surface area contributed by atoms with Gasteiger partial charge in [-0.1, -0.05) is 26.0 Å². The highest BCUT2D eigenvalue weighted by molar-refractivity contribution is 6.01. The summed E-state index contributed by atoms with van der Waals surface area (Å²) in [6.07, 6.45) is 0.0341. The fourth-order valence-electron chi connectivity index (χ4n) is 4.05. The van der Waals surface area contributed by atoms with Crippen molar-refractivity contribution < 1.29 is 29.3 Å². The first-order valence-electron chi connectivity index (χ1n) is 11.9. The Morgan fingerprint density at radius 2 is 1.86 bits per heavy atom. The SMILES string of the molecule is CNC(=O)C(O)C(Cc1cccnc1O)NC(=O)C(CC(C)C)NC(=O)c1cc2c(OC)cccc2[nH]1. The molecule has 0 spiro atoms. The van der Waals surface area contributed by atoms with Crippen LogP contribution in [0.1, 0.15) is 36.3 Å². The van der Waals surface area contributed by atoms with Gasteiger partial charge >= 0.3 is 0 Å². The number of aliphatic hydroxyl groups is 1. The predicted molar refractivity (Wildman–Crippen MR) is 137 cm³/mol. The minimum atomic E-state index is -1.61. The Hall–Kier alpha value is -4.12. The third-order valence-electron chi connectivity index (χ3n) is 5.95. The van der Waals surface area contributed by atoms with Gasteiger partial charge < -0.3 is 35.9 Å². The van der Waals surface area contributed by atoms with E-state index in [1.807, 2.05) is 19.9 Å². The summed E-state index contributed by atoms with van der Waals surface area (Å²) < 4.78 is 5.35. The number of aromatic nitrogens is 2. The monoisotopic (exact) mass is 511 g/mol. The van der Waals surface area contributed by atoms with Gasteiger partial charge in [-0.25, -0.2) is 4.98 Å². The van der Waals surface area contributed by atoms with E-state index >= 15 is 0 Å². The number of rotatable bonds is 11. The Morgan fingerprint density at radius 1 is 1.11 bits per heavy atom. The molecule has 0 radical (unpaired) electrons. The molecule has 0 aliphatic rings. The van der Waals surface area contributed by atoms with Crippen LogP contribution in [0.3, 0.4) is 0 Å². The van der Waals surface area contributed by atoms with E-state index in [0.717, 1.165) is 5.39 Å². The lowest BCUT2D eigenvalue weighted by Crippen LogP contribution is -2.56. The van der Waals surface area contributed by atoms with E-state index in [4.69, 9.17) is 4.74 Å². The number of hydrogen-bond acceptors (Lipinski definition) is 7. The number of amides is 3. The van der Waals surface area contributed by atoms with Crippen molar-refractivity contribution in [3.8, 4) is 11.6 Å². The zero-order valence-electron chi connectivity index (χ0n) is 21.2. The van der Waals surface area contributed by atoms with Crippen molar-refractivity contribution in [3.05, 3.63) is 53.9 Å². The summed E-state index contributed by atoms with van der Waals surface area (Å²) in [7, 11) is 2.91. The van der Waals surface area contributed by atoms with Crippen molar-refractivity contribution in [2.75, 3.05) is 14.2 Å². The van der Waals surface area contributed by atoms with E-state index in [1.54, 1.807) is 37.4 Å². The first-order chi connectivity index (χ1) is 17.6. The van der Waals surface area contributed by atoms with E-state index in [0.29, 0.717) is 23.3 Å². The fraction of sp³-hybridized carbons (Fsp3) is 0.385. The Bertz CT molecular complexity index is 1260. The van der Waals surface area contributed by atoms with Crippen LogP contribution in [0.2, 0.25) is 0 Å². The Balaban J connectivity index is 1.83. The largest absolute Gasteiger partial charge is 0.496 e. The molecule has 0 bridgehead atoms. The second-order valence-corrected chi connectivity index (χ2v) is 9.12. The zero-order chi connectivity index (χ0) is 27.1. The number of aromatic amines is 1. The number of likely N-dealkylation sites (N-methyl/N-ethyl adjacent to an activating group) is 1. The van der Waals surface area contributed by atoms with Crippen LogP contribution in [-0.4, -0.2) is 70.2 Å². The molecule has 3 rings (SSSR count). The summed E-state index contributed by atoms with van der Waals surface area (Å²) in [6.45, 7) is 3.82. The number of fused-ring (bicyclic) bond motifs is 1. The smallest absolute Gasteiger partial charge is 0.268 e. The molecule has 3 aromatic rings. The minimum absolute atomic E-state index is 0.0449. The van der Waals surface area contributed by atoms with Crippen molar-refractivity contribution >= 4 is 28.6 Å². The molecule has 0 saturated heterocycles. The van der Waals surface area contributed by atoms with Crippen LogP contribution in [0, 0.1) is 5.92 Å². The van der Waals surface area contributed by atoms with Gasteiger partial charge in [-0.15, -0.1) is 0 Å². The molecule has 0 aliphatic heterocycles. The van der Waals surface area contributed by atoms with Gasteiger partial charge in [0, 0.05) is 36.1 Å². The summed E-state index contributed by atoms with van der Waals surface area (Å²) in [5.74, 6) is -1.39. The van der Waals surface area contributed by atoms with Crippen molar-refractivity contribution in [1.29, 1.82) is 0 Å². The lowest BCUT2D eigenvalue weighted by molar-refractivity contribution is -0.132. The number of benzene rings is 1. The number of nitrogens with one attached hydrogen (secondary N) is 4. The molecule has 6 N–H and O–H groups in total. The van der Waals surface area contributed by atoms with Crippen molar-refractivity contribution in [2.24, 2.45) is 5.92 Å². The summed E-state index contributed by atoms with van der Waals surface area (Å²) in [6, 6.07) is 8.17. The summed E-state index contributed by atoms with van der Waals surface area (Å²) >= 11 is 0. The number of aliphatic hydroxyl groups excluding tert-OH is 1. The standard InChI is InChI=1S/C26H33N5O6/c1-14(2)11-19(31-25(35)20-13-16-17(29-20)8-5-9-21(16)37-4)24(34)30-18(22(32)26(36)27-3)12-15-7-6-10-28-23(15)33/h5-10,13-14,18-19,22,29,32H,11-12H2,1-4H3,(H,27,36)(H,28,33)(H,30,34)(H,31,35). The number of pyridine rings is 1. The zero-order valence-corrected chi connectivity index (χ0v) is 21.2. The average molecular weight is 512 g/mol. The number of H-pyrrole nitrogens is 1. The number of hydrogen-bond donors (Lipinski definition) is 6. The van der Waals surface area contributed by atoms with E-state index in [2.05, 4.69) is 25.9 Å². The Kier molecular flexibility index (Phi) is 9.07. The predicted octanol–water partition coefficient (Wildman–Crippen LogP) is 1.26. The number of ether oxygens (including phenoxy) is 1. The molecule has 3 unspecified atom stereocenters. The fourth-order valence-corrected chi connectivity index (χ4v) is 4.05. The van der Waals surface area contributed by atoms with E-state index in [9.17, 15) is 24.6 Å². The Morgan fingerprint density at radius 3 is 2.51 bits per heavy atom. The van der Waals surface area contributed by atoms with E-state index in [-0.39, 0.29) is 23.9 Å². The highest BCUT2D eigenvalue weighted by Gasteiger charge is 2.31. The maximum Gasteiger partial charge on any atom is 0.268 e. The second-order valence-electron chi connectivity index (χ2n) is 9.12. The normalized spacial score (nSPS) is 13.6. The molecule has 3 atom stereocenters. The molecule has 0 saturated carbocycles. The van der Waals surface area contributed by atoms with Crippen LogP contribution in [-0.2, 0) is 16.0 Å². The van der Waals surface area contributed by atoms with E-state index in [1.165, 1.54) is 13.2 Å². The second kappa shape index (κ2) is 12.2. The van der Waals surface area contributed by atoms with Crippen molar-refractivity contribution in [1.82, 2.24) is 25.9 Å². The van der Waals surface area contributed by atoms with Crippen molar-refractivity contribution in [2.45, 2.75) is 44.9 Å².